The van der Waals surface area contributed by atoms with Gasteiger partial charge in [-0.05, 0) is 18.2 Å². The lowest BCUT2D eigenvalue weighted by atomic mass is 10.1. The number of carbonyl (C=O) groups excluding carboxylic acids is 1. The molecule has 19 heavy (non-hydrogen) atoms. The van der Waals surface area contributed by atoms with Gasteiger partial charge in [0.05, 0.1) is 5.39 Å². The molecule has 2 aromatic rings. The number of benzene rings is 1. The fourth-order valence-electron chi connectivity index (χ4n) is 1.85. The molecule has 1 amide bonds. The maximum atomic E-state index is 12.2. The third kappa shape index (κ3) is 2.65. The molecular weight excluding hydrogens is 244 g/mol. The van der Waals surface area contributed by atoms with Crippen LogP contribution >= 0.6 is 0 Å². The van der Waals surface area contributed by atoms with E-state index in [-0.39, 0.29) is 12.2 Å². The maximum absolute atomic E-state index is 12.2. The van der Waals surface area contributed by atoms with Crippen molar-refractivity contribution in [2.75, 3.05) is 6.61 Å². The Morgan fingerprint density at radius 1 is 1.37 bits per heavy atom. The largest absolute Gasteiger partial charge is 0.483 e. The Morgan fingerprint density at radius 2 is 2.16 bits per heavy atom. The van der Waals surface area contributed by atoms with Crippen molar-refractivity contribution in [3.8, 4) is 5.75 Å². The maximum Gasteiger partial charge on any atom is 0.258 e. The van der Waals surface area contributed by atoms with Gasteiger partial charge in [0.1, 0.15) is 5.75 Å². The van der Waals surface area contributed by atoms with Gasteiger partial charge in [-0.15, -0.1) is 6.58 Å². The minimum absolute atomic E-state index is 0.123. The molecule has 0 atom stereocenters. The topological polar surface area (TPSA) is 74.3 Å². The third-order valence-corrected chi connectivity index (χ3v) is 2.67. The number of fused-ring (bicyclic) bond motifs is 1. The molecule has 1 aromatic heterocycles. The molecule has 0 aliphatic carbocycles. The van der Waals surface area contributed by atoms with E-state index in [9.17, 15) is 9.59 Å². The summed E-state index contributed by atoms with van der Waals surface area (Å²) >= 11 is 0. The van der Waals surface area contributed by atoms with E-state index >= 15 is 0 Å². The van der Waals surface area contributed by atoms with Crippen LogP contribution in [0.3, 0.4) is 0 Å². The number of nitrogens with two attached hydrogens (primary N) is 1. The van der Waals surface area contributed by atoms with E-state index in [4.69, 9.17) is 10.5 Å². The van der Waals surface area contributed by atoms with Crippen molar-refractivity contribution in [2.45, 2.75) is 6.54 Å². The van der Waals surface area contributed by atoms with Crippen LogP contribution in [0, 0.1) is 0 Å². The van der Waals surface area contributed by atoms with Crippen molar-refractivity contribution in [3.63, 3.8) is 0 Å². The third-order valence-electron chi connectivity index (χ3n) is 2.67. The number of primary amides is 1. The van der Waals surface area contributed by atoms with Crippen molar-refractivity contribution in [1.29, 1.82) is 0 Å². The Bertz CT molecular complexity index is 689. The van der Waals surface area contributed by atoms with Gasteiger partial charge >= 0.3 is 0 Å². The summed E-state index contributed by atoms with van der Waals surface area (Å²) < 4.78 is 6.84. The normalized spacial score (nSPS) is 10.3. The number of aromatic nitrogens is 1. The standard InChI is InChI=1S/C14H14N2O3/c1-2-7-16-8-6-10-11(14(16)18)4-3-5-12(10)19-9-13(15)17/h2-6,8H,1,7,9H2,(H2,15,17). The lowest BCUT2D eigenvalue weighted by Crippen LogP contribution is -2.21. The van der Waals surface area contributed by atoms with E-state index in [1.807, 2.05) is 0 Å². The predicted molar refractivity (Wildman–Crippen MR) is 73.1 cm³/mol. The van der Waals surface area contributed by atoms with E-state index in [0.717, 1.165) is 0 Å². The number of amides is 1. The van der Waals surface area contributed by atoms with Gasteiger partial charge < -0.3 is 15.0 Å². The number of ether oxygens (including phenoxy) is 1. The molecule has 98 valence electrons. The first kappa shape index (κ1) is 12.9. The fraction of sp³-hybridized carbons (Fsp3) is 0.143. The Labute approximate surface area is 109 Å². The van der Waals surface area contributed by atoms with Crippen LogP contribution < -0.4 is 16.0 Å². The lowest BCUT2D eigenvalue weighted by Gasteiger charge is -2.09. The van der Waals surface area contributed by atoms with Crippen LogP contribution in [-0.4, -0.2) is 17.1 Å². The van der Waals surface area contributed by atoms with Crippen LogP contribution in [0.4, 0.5) is 0 Å². The highest BCUT2D eigenvalue weighted by Crippen LogP contribution is 2.22. The Kier molecular flexibility index (Phi) is 3.66. The van der Waals surface area contributed by atoms with Crippen molar-refractivity contribution in [3.05, 3.63) is 53.5 Å². The summed E-state index contributed by atoms with van der Waals surface area (Å²) in [5.41, 5.74) is 4.91. The zero-order valence-corrected chi connectivity index (χ0v) is 10.3. The number of pyridine rings is 1. The first-order chi connectivity index (χ1) is 9.13. The highest BCUT2D eigenvalue weighted by atomic mass is 16.5. The molecular formula is C14H14N2O3. The molecule has 0 unspecified atom stereocenters. The molecule has 0 saturated heterocycles. The van der Waals surface area contributed by atoms with Crippen LogP contribution in [-0.2, 0) is 11.3 Å². The predicted octanol–water partition coefficient (Wildman–Crippen LogP) is 1.05. The number of nitrogens with zero attached hydrogens (tertiary/aromatic N) is 1. The second-order valence-electron chi connectivity index (χ2n) is 4.03. The number of allylic oxidation sites excluding steroid dienone is 1. The van der Waals surface area contributed by atoms with Gasteiger partial charge in [0.2, 0.25) is 0 Å². The van der Waals surface area contributed by atoms with Crippen molar-refractivity contribution in [1.82, 2.24) is 4.57 Å². The zero-order chi connectivity index (χ0) is 13.8. The first-order valence-corrected chi connectivity index (χ1v) is 5.77. The number of hydrogen-bond acceptors (Lipinski definition) is 3. The smallest absolute Gasteiger partial charge is 0.258 e. The molecule has 1 aromatic carbocycles. The highest BCUT2D eigenvalue weighted by molar-refractivity contribution is 5.87. The minimum atomic E-state index is -0.558. The van der Waals surface area contributed by atoms with Crippen LogP contribution in [0.2, 0.25) is 0 Å². The molecule has 1 heterocycles. The van der Waals surface area contributed by atoms with Crippen LogP contribution in [0.1, 0.15) is 0 Å². The Balaban J connectivity index is 2.51. The molecule has 0 aliphatic rings. The monoisotopic (exact) mass is 258 g/mol. The summed E-state index contributed by atoms with van der Waals surface area (Å²) in [4.78, 5) is 22.9. The summed E-state index contributed by atoms with van der Waals surface area (Å²) in [5, 5.41) is 1.19. The summed E-state index contributed by atoms with van der Waals surface area (Å²) in [6.07, 6.45) is 3.32. The van der Waals surface area contributed by atoms with Gasteiger partial charge in [-0.3, -0.25) is 9.59 Å². The van der Waals surface area contributed by atoms with Gasteiger partial charge in [0.25, 0.3) is 11.5 Å². The highest BCUT2D eigenvalue weighted by Gasteiger charge is 2.07. The number of carbonyl (C=O) groups is 1. The van der Waals surface area contributed by atoms with Gasteiger partial charge in [-0.1, -0.05) is 12.1 Å². The molecule has 5 nitrogen and oxygen atoms in total. The van der Waals surface area contributed by atoms with Gasteiger partial charge in [-0.2, -0.15) is 0 Å². The molecule has 2 N–H and O–H groups in total. The first-order valence-electron chi connectivity index (χ1n) is 5.77. The number of rotatable bonds is 5. The lowest BCUT2D eigenvalue weighted by molar-refractivity contribution is -0.119. The van der Waals surface area contributed by atoms with Crippen LogP contribution in [0.5, 0.6) is 5.75 Å². The van der Waals surface area contributed by atoms with E-state index in [2.05, 4.69) is 6.58 Å². The Hall–Kier alpha value is -2.56. The molecule has 0 saturated carbocycles. The molecule has 5 heteroatoms. The molecule has 0 bridgehead atoms. The van der Waals surface area contributed by atoms with Crippen LogP contribution in [0.25, 0.3) is 10.8 Å². The van der Waals surface area contributed by atoms with E-state index in [1.165, 1.54) is 0 Å². The summed E-state index contributed by atoms with van der Waals surface area (Å²) in [6.45, 7) is 3.84. The van der Waals surface area contributed by atoms with Gasteiger partial charge in [0.15, 0.2) is 6.61 Å². The average Bonchev–Trinajstić information content (AvgIpc) is 2.40. The Morgan fingerprint density at radius 3 is 2.84 bits per heavy atom. The van der Waals surface area contributed by atoms with Gasteiger partial charge in [-0.25, -0.2) is 0 Å². The van der Waals surface area contributed by atoms with Gasteiger partial charge in [0, 0.05) is 18.1 Å². The quantitative estimate of drug-likeness (QED) is 0.815. The van der Waals surface area contributed by atoms with Crippen molar-refractivity contribution >= 4 is 16.7 Å². The average molecular weight is 258 g/mol. The zero-order valence-electron chi connectivity index (χ0n) is 10.3. The van der Waals surface area contributed by atoms with Crippen molar-refractivity contribution in [2.24, 2.45) is 5.73 Å². The minimum Gasteiger partial charge on any atom is -0.483 e. The van der Waals surface area contributed by atoms with Crippen LogP contribution in [0.15, 0.2) is 47.9 Å². The second kappa shape index (κ2) is 5.39. The van der Waals surface area contributed by atoms with E-state index in [1.54, 1.807) is 41.1 Å². The SMILES string of the molecule is C=CCn1ccc2c(OCC(N)=O)cccc2c1=O. The van der Waals surface area contributed by atoms with E-state index < -0.39 is 5.91 Å². The molecule has 0 spiro atoms. The molecule has 0 fully saturated rings. The molecule has 2 rings (SSSR count). The fourth-order valence-corrected chi connectivity index (χ4v) is 1.85. The summed E-state index contributed by atoms with van der Waals surface area (Å²) in [7, 11) is 0. The second-order valence-corrected chi connectivity index (χ2v) is 4.03. The van der Waals surface area contributed by atoms with E-state index in [0.29, 0.717) is 23.1 Å². The van der Waals surface area contributed by atoms with Crippen molar-refractivity contribution < 1.29 is 9.53 Å². The summed E-state index contributed by atoms with van der Waals surface area (Å²) in [5.74, 6) is -0.0869. The molecule has 0 radical (unpaired) electrons. The molecule has 0 aliphatic heterocycles. The summed E-state index contributed by atoms with van der Waals surface area (Å²) in [6, 6.07) is 6.89. The number of hydrogen-bond donors (Lipinski definition) is 1.